The van der Waals surface area contributed by atoms with Crippen LogP contribution in [0.25, 0.3) is 0 Å². The van der Waals surface area contributed by atoms with Crippen LogP contribution in [0.4, 0.5) is 5.69 Å². The van der Waals surface area contributed by atoms with E-state index in [9.17, 15) is 0 Å². The maximum Gasteiger partial charge on any atom is 0.131 e. The highest BCUT2D eigenvalue weighted by Crippen LogP contribution is 2.21. The van der Waals surface area contributed by atoms with E-state index < -0.39 is 0 Å². The number of ether oxygens (including phenoxy) is 1. The molecule has 2 atom stereocenters. The zero-order chi connectivity index (χ0) is 10.7. The average Bonchev–Trinajstić information content (AvgIpc) is 2.61. The van der Waals surface area contributed by atoms with Crippen LogP contribution in [0.1, 0.15) is 13.3 Å². The first-order valence-corrected chi connectivity index (χ1v) is 5.60. The summed E-state index contributed by atoms with van der Waals surface area (Å²) in [6, 6.07) is 3.76. The van der Waals surface area contributed by atoms with Crippen LogP contribution in [0.15, 0.2) is 18.3 Å². The van der Waals surface area contributed by atoms with Gasteiger partial charge in [-0.3, -0.25) is 0 Å². The number of pyridine rings is 1. The molecule has 0 aliphatic carbocycles. The van der Waals surface area contributed by atoms with E-state index in [0.717, 1.165) is 25.3 Å². The van der Waals surface area contributed by atoms with Crippen LogP contribution in [0.2, 0.25) is 5.15 Å². The molecule has 0 saturated carbocycles. The third-order valence-corrected chi connectivity index (χ3v) is 3.03. The number of rotatable bonds is 3. The summed E-state index contributed by atoms with van der Waals surface area (Å²) in [5, 5.41) is 3.88. The molecule has 1 aliphatic rings. The molecule has 0 radical (unpaired) electrons. The van der Waals surface area contributed by atoms with Crippen LogP contribution < -0.4 is 5.32 Å². The third-order valence-electron chi connectivity index (χ3n) is 2.83. The summed E-state index contributed by atoms with van der Waals surface area (Å²) in [7, 11) is 0. The van der Waals surface area contributed by atoms with Crippen molar-refractivity contribution in [1.29, 1.82) is 0 Å². The Morgan fingerprint density at radius 3 is 3.20 bits per heavy atom. The van der Waals surface area contributed by atoms with Crippen molar-refractivity contribution in [3.63, 3.8) is 0 Å². The Balaban J connectivity index is 1.87. The number of nitrogens with zero attached hydrogens (tertiary/aromatic N) is 1. The monoisotopic (exact) mass is 226 g/mol. The summed E-state index contributed by atoms with van der Waals surface area (Å²) < 4.78 is 5.50. The summed E-state index contributed by atoms with van der Waals surface area (Å²) >= 11 is 5.79. The van der Waals surface area contributed by atoms with Crippen LogP contribution in [0.5, 0.6) is 0 Å². The second kappa shape index (κ2) is 4.81. The van der Waals surface area contributed by atoms with Gasteiger partial charge < -0.3 is 10.1 Å². The van der Waals surface area contributed by atoms with Gasteiger partial charge in [0.25, 0.3) is 0 Å². The van der Waals surface area contributed by atoms with Crippen LogP contribution in [-0.4, -0.2) is 24.2 Å². The van der Waals surface area contributed by atoms with Crippen LogP contribution >= 0.6 is 11.6 Å². The van der Waals surface area contributed by atoms with E-state index >= 15 is 0 Å². The van der Waals surface area contributed by atoms with E-state index in [2.05, 4.69) is 17.2 Å². The second-order valence-corrected chi connectivity index (χ2v) is 4.26. The maximum absolute atomic E-state index is 5.79. The minimum atomic E-state index is 0.356. The van der Waals surface area contributed by atoms with Gasteiger partial charge in [0, 0.05) is 31.0 Å². The molecular formula is C11H15ClN2O. The first-order valence-electron chi connectivity index (χ1n) is 5.23. The predicted molar refractivity (Wildman–Crippen MR) is 61.3 cm³/mol. The summed E-state index contributed by atoms with van der Waals surface area (Å²) in [4.78, 5) is 3.94. The zero-order valence-corrected chi connectivity index (χ0v) is 9.50. The fourth-order valence-corrected chi connectivity index (χ4v) is 1.98. The van der Waals surface area contributed by atoms with Crippen LogP contribution in [-0.2, 0) is 4.74 Å². The van der Waals surface area contributed by atoms with E-state index in [1.54, 1.807) is 6.20 Å². The molecule has 15 heavy (non-hydrogen) atoms. The summed E-state index contributed by atoms with van der Waals surface area (Å²) in [6.07, 6.45) is 3.20. The normalized spacial score (nSPS) is 25.5. The van der Waals surface area contributed by atoms with Gasteiger partial charge in [0.05, 0.1) is 6.10 Å². The predicted octanol–water partition coefficient (Wildman–Crippen LogP) is 2.57. The van der Waals surface area contributed by atoms with Crippen molar-refractivity contribution in [2.45, 2.75) is 19.4 Å². The maximum atomic E-state index is 5.79. The van der Waals surface area contributed by atoms with Gasteiger partial charge in [-0.05, 0) is 25.5 Å². The van der Waals surface area contributed by atoms with Crippen molar-refractivity contribution in [3.8, 4) is 0 Å². The Kier molecular flexibility index (Phi) is 3.44. The van der Waals surface area contributed by atoms with Gasteiger partial charge >= 0.3 is 0 Å². The van der Waals surface area contributed by atoms with Gasteiger partial charge in [-0.2, -0.15) is 0 Å². The quantitative estimate of drug-likeness (QED) is 0.805. The fourth-order valence-electron chi connectivity index (χ4n) is 1.81. The molecule has 0 aromatic carbocycles. The number of halogens is 1. The van der Waals surface area contributed by atoms with E-state index in [0.29, 0.717) is 17.2 Å². The molecule has 2 heterocycles. The van der Waals surface area contributed by atoms with Crippen molar-refractivity contribution >= 4 is 17.3 Å². The van der Waals surface area contributed by atoms with Crippen LogP contribution in [0.3, 0.4) is 0 Å². The largest absolute Gasteiger partial charge is 0.385 e. The second-order valence-electron chi connectivity index (χ2n) is 3.87. The number of aromatic nitrogens is 1. The molecular weight excluding hydrogens is 212 g/mol. The van der Waals surface area contributed by atoms with Crippen molar-refractivity contribution in [1.82, 2.24) is 4.98 Å². The topological polar surface area (TPSA) is 34.1 Å². The smallest absolute Gasteiger partial charge is 0.131 e. The molecule has 82 valence electrons. The Labute approximate surface area is 94.8 Å². The van der Waals surface area contributed by atoms with Gasteiger partial charge in [-0.25, -0.2) is 4.98 Å². The highest BCUT2D eigenvalue weighted by atomic mass is 35.5. The first-order chi connectivity index (χ1) is 7.25. The summed E-state index contributed by atoms with van der Waals surface area (Å²) in [5.41, 5.74) is 1.02. The highest BCUT2D eigenvalue weighted by molar-refractivity contribution is 6.29. The molecule has 3 nitrogen and oxygen atoms in total. The molecule has 0 amide bonds. The Hall–Kier alpha value is -0.800. The lowest BCUT2D eigenvalue weighted by Crippen LogP contribution is -2.20. The van der Waals surface area contributed by atoms with E-state index in [4.69, 9.17) is 16.3 Å². The molecule has 2 rings (SSSR count). The third kappa shape index (κ3) is 2.83. The molecule has 1 N–H and O–H groups in total. The van der Waals surface area contributed by atoms with Gasteiger partial charge in [0.15, 0.2) is 0 Å². The van der Waals surface area contributed by atoms with Gasteiger partial charge in [0.1, 0.15) is 5.15 Å². The van der Waals surface area contributed by atoms with E-state index in [-0.39, 0.29) is 0 Å². The van der Waals surface area contributed by atoms with Crippen molar-refractivity contribution in [2.24, 2.45) is 5.92 Å². The zero-order valence-electron chi connectivity index (χ0n) is 8.74. The standard InChI is InChI=1S/C11H15ClN2O/c1-8-9(3-5-15-8)7-14-10-2-4-13-11(12)6-10/h2,4,6,8-9H,3,5,7H2,1H3,(H,13,14). The SMILES string of the molecule is CC1OCCC1CNc1ccnc(Cl)c1. The number of hydrogen-bond donors (Lipinski definition) is 1. The molecule has 1 fully saturated rings. The van der Waals surface area contributed by atoms with Crippen molar-refractivity contribution in [3.05, 3.63) is 23.5 Å². The Morgan fingerprint density at radius 1 is 1.67 bits per heavy atom. The number of hydrogen-bond acceptors (Lipinski definition) is 3. The van der Waals surface area contributed by atoms with Gasteiger partial charge in [-0.1, -0.05) is 11.6 Å². The molecule has 2 unspecified atom stereocenters. The molecule has 1 saturated heterocycles. The number of nitrogens with one attached hydrogen (secondary N) is 1. The first kappa shape index (κ1) is 10.7. The minimum Gasteiger partial charge on any atom is -0.385 e. The lowest BCUT2D eigenvalue weighted by atomic mass is 10.0. The van der Waals surface area contributed by atoms with E-state index in [1.807, 2.05) is 12.1 Å². The molecule has 4 heteroatoms. The number of anilines is 1. The molecule has 1 aliphatic heterocycles. The van der Waals surface area contributed by atoms with E-state index in [1.165, 1.54) is 0 Å². The highest BCUT2D eigenvalue weighted by Gasteiger charge is 2.23. The van der Waals surface area contributed by atoms with Gasteiger partial charge in [-0.15, -0.1) is 0 Å². The molecule has 0 bridgehead atoms. The molecule has 0 spiro atoms. The minimum absolute atomic E-state index is 0.356. The average molecular weight is 227 g/mol. The van der Waals surface area contributed by atoms with Gasteiger partial charge in [0.2, 0.25) is 0 Å². The Morgan fingerprint density at radius 2 is 2.53 bits per heavy atom. The lowest BCUT2D eigenvalue weighted by molar-refractivity contribution is 0.108. The lowest BCUT2D eigenvalue weighted by Gasteiger charge is -2.15. The molecule has 1 aromatic rings. The molecule has 1 aromatic heterocycles. The van der Waals surface area contributed by atoms with Crippen LogP contribution in [0, 0.1) is 5.92 Å². The van der Waals surface area contributed by atoms with Crippen molar-refractivity contribution < 1.29 is 4.74 Å². The summed E-state index contributed by atoms with van der Waals surface area (Å²) in [5.74, 6) is 0.594. The van der Waals surface area contributed by atoms with Crippen molar-refractivity contribution in [2.75, 3.05) is 18.5 Å². The summed E-state index contributed by atoms with van der Waals surface area (Å²) in [6.45, 7) is 3.94. The Bertz CT molecular complexity index is 332. The fraction of sp³-hybridized carbons (Fsp3) is 0.545.